The summed E-state index contributed by atoms with van der Waals surface area (Å²) in [6.07, 6.45) is 2.47. The van der Waals surface area contributed by atoms with Crippen LogP contribution in [-0.2, 0) is 17.8 Å². The van der Waals surface area contributed by atoms with Crippen LogP contribution in [0.4, 0.5) is 11.4 Å². The van der Waals surface area contributed by atoms with Gasteiger partial charge in [-0.3, -0.25) is 4.79 Å². The van der Waals surface area contributed by atoms with Crippen LogP contribution in [0.1, 0.15) is 29.7 Å². The molecule has 0 bridgehead atoms. The second kappa shape index (κ2) is 5.63. The van der Waals surface area contributed by atoms with E-state index in [-0.39, 0.29) is 5.91 Å². The number of nitrogens with zero attached hydrogens (tertiary/aromatic N) is 1. The summed E-state index contributed by atoms with van der Waals surface area (Å²) in [7, 11) is 0. The van der Waals surface area contributed by atoms with Gasteiger partial charge >= 0.3 is 0 Å². The number of benzene rings is 1. The van der Waals surface area contributed by atoms with Crippen LogP contribution in [0.3, 0.4) is 0 Å². The third kappa shape index (κ3) is 2.82. The van der Waals surface area contributed by atoms with E-state index in [1.165, 1.54) is 22.7 Å². The van der Waals surface area contributed by atoms with Gasteiger partial charge in [-0.25, -0.2) is 0 Å². The lowest BCUT2D eigenvalue weighted by atomic mass is 10.1. The van der Waals surface area contributed by atoms with E-state index >= 15 is 0 Å². The number of fused-ring (bicyclic) bond motifs is 1. The van der Waals surface area contributed by atoms with Crippen molar-refractivity contribution in [3.05, 3.63) is 40.4 Å². The van der Waals surface area contributed by atoms with E-state index in [1.54, 1.807) is 0 Å². The Balaban J connectivity index is 1.74. The van der Waals surface area contributed by atoms with E-state index in [0.29, 0.717) is 6.42 Å². The van der Waals surface area contributed by atoms with Gasteiger partial charge in [0, 0.05) is 35.3 Å². The summed E-state index contributed by atoms with van der Waals surface area (Å²) in [6, 6.07) is 6.13. The Bertz CT molecular complexity index is 636. The molecule has 2 N–H and O–H groups in total. The van der Waals surface area contributed by atoms with E-state index in [1.807, 2.05) is 19.1 Å². The van der Waals surface area contributed by atoms with Crippen molar-refractivity contribution in [3.63, 3.8) is 0 Å². The molecular weight excluding hydrogens is 270 g/mol. The SMILES string of the molecule is Cc1nscc1CNc1ccc2c(c1)CCCC(=O)N2. The maximum Gasteiger partial charge on any atom is 0.224 e. The minimum absolute atomic E-state index is 0.115. The Morgan fingerprint density at radius 1 is 1.40 bits per heavy atom. The lowest BCUT2D eigenvalue weighted by Gasteiger charge is -2.11. The zero-order valence-electron chi connectivity index (χ0n) is 11.4. The molecule has 20 heavy (non-hydrogen) atoms. The number of hydrogen-bond donors (Lipinski definition) is 2. The fraction of sp³-hybridized carbons (Fsp3) is 0.333. The van der Waals surface area contributed by atoms with E-state index in [2.05, 4.69) is 26.5 Å². The summed E-state index contributed by atoms with van der Waals surface area (Å²) in [5.41, 5.74) is 5.57. The van der Waals surface area contributed by atoms with Crippen molar-refractivity contribution in [3.8, 4) is 0 Å². The highest BCUT2D eigenvalue weighted by Crippen LogP contribution is 2.25. The molecule has 0 unspecified atom stereocenters. The molecule has 0 spiro atoms. The lowest BCUT2D eigenvalue weighted by Crippen LogP contribution is -2.09. The van der Waals surface area contributed by atoms with Crippen LogP contribution in [0.5, 0.6) is 0 Å². The average molecular weight is 287 g/mol. The van der Waals surface area contributed by atoms with E-state index < -0.39 is 0 Å². The van der Waals surface area contributed by atoms with E-state index in [9.17, 15) is 4.79 Å². The molecule has 1 aliphatic heterocycles. The number of hydrogen-bond acceptors (Lipinski definition) is 4. The van der Waals surface area contributed by atoms with Gasteiger partial charge in [0.15, 0.2) is 0 Å². The zero-order chi connectivity index (χ0) is 13.9. The van der Waals surface area contributed by atoms with Crippen molar-refractivity contribution in [2.75, 3.05) is 10.6 Å². The number of amides is 1. The van der Waals surface area contributed by atoms with Gasteiger partial charge in [0.1, 0.15) is 0 Å². The first kappa shape index (κ1) is 13.1. The molecule has 1 amide bonds. The van der Waals surface area contributed by atoms with Gasteiger partial charge in [-0.05, 0) is 55.1 Å². The Hall–Kier alpha value is -1.88. The van der Waals surface area contributed by atoms with Crippen molar-refractivity contribution < 1.29 is 4.79 Å². The second-order valence-corrected chi connectivity index (χ2v) is 5.68. The average Bonchev–Trinajstić information content (AvgIpc) is 2.74. The van der Waals surface area contributed by atoms with Crippen LogP contribution in [0.2, 0.25) is 0 Å². The molecule has 0 saturated heterocycles. The van der Waals surface area contributed by atoms with Crippen LogP contribution < -0.4 is 10.6 Å². The number of nitrogens with one attached hydrogen (secondary N) is 2. The summed E-state index contributed by atoms with van der Waals surface area (Å²) in [5.74, 6) is 0.115. The fourth-order valence-corrected chi connectivity index (χ4v) is 3.07. The predicted octanol–water partition coefficient (Wildman–Crippen LogP) is 3.34. The first-order valence-electron chi connectivity index (χ1n) is 6.79. The van der Waals surface area contributed by atoms with E-state index in [0.717, 1.165) is 36.5 Å². The molecule has 0 radical (unpaired) electrons. The van der Waals surface area contributed by atoms with Gasteiger partial charge in [-0.2, -0.15) is 4.37 Å². The van der Waals surface area contributed by atoms with Gasteiger partial charge in [0.2, 0.25) is 5.91 Å². The number of carbonyl (C=O) groups is 1. The largest absolute Gasteiger partial charge is 0.381 e. The molecule has 0 atom stereocenters. The maximum atomic E-state index is 11.5. The molecule has 0 fully saturated rings. The molecule has 0 aliphatic carbocycles. The molecule has 4 nitrogen and oxygen atoms in total. The van der Waals surface area contributed by atoms with Crippen molar-refractivity contribution >= 4 is 28.8 Å². The Morgan fingerprint density at radius 3 is 3.10 bits per heavy atom. The molecule has 5 heteroatoms. The van der Waals surface area contributed by atoms with Gasteiger partial charge in [0.25, 0.3) is 0 Å². The summed E-state index contributed by atoms with van der Waals surface area (Å²) in [6.45, 7) is 2.81. The molecule has 1 aromatic carbocycles. The van der Waals surface area contributed by atoms with Crippen LogP contribution in [0, 0.1) is 6.92 Å². The van der Waals surface area contributed by atoms with Gasteiger partial charge < -0.3 is 10.6 Å². The van der Waals surface area contributed by atoms with Crippen LogP contribution >= 0.6 is 11.5 Å². The van der Waals surface area contributed by atoms with Crippen molar-refractivity contribution in [1.82, 2.24) is 4.37 Å². The normalized spacial score (nSPS) is 14.3. The number of anilines is 2. The molecule has 1 aliphatic rings. The number of carbonyl (C=O) groups excluding carboxylic acids is 1. The summed E-state index contributed by atoms with van der Waals surface area (Å²) in [5, 5.41) is 8.45. The van der Waals surface area contributed by atoms with Crippen LogP contribution in [-0.4, -0.2) is 10.3 Å². The molecule has 2 aromatic rings. The smallest absolute Gasteiger partial charge is 0.224 e. The highest BCUT2D eigenvalue weighted by Gasteiger charge is 2.13. The van der Waals surface area contributed by atoms with Crippen LogP contribution in [0.25, 0.3) is 0 Å². The van der Waals surface area contributed by atoms with Crippen molar-refractivity contribution in [1.29, 1.82) is 0 Å². The zero-order valence-corrected chi connectivity index (χ0v) is 12.2. The lowest BCUT2D eigenvalue weighted by molar-refractivity contribution is -0.116. The Labute approximate surface area is 122 Å². The third-order valence-electron chi connectivity index (χ3n) is 3.56. The van der Waals surface area contributed by atoms with Gasteiger partial charge in [-0.15, -0.1) is 0 Å². The van der Waals surface area contributed by atoms with Gasteiger partial charge in [-0.1, -0.05) is 0 Å². The summed E-state index contributed by atoms with van der Waals surface area (Å²) < 4.78 is 4.27. The molecule has 2 heterocycles. The molecule has 104 valence electrons. The number of aryl methyl sites for hydroxylation is 2. The quantitative estimate of drug-likeness (QED) is 0.910. The summed E-state index contributed by atoms with van der Waals surface area (Å²) >= 11 is 1.49. The Kier molecular flexibility index (Phi) is 3.69. The minimum atomic E-state index is 0.115. The highest BCUT2D eigenvalue weighted by atomic mass is 32.1. The van der Waals surface area contributed by atoms with Crippen molar-refractivity contribution in [2.45, 2.75) is 32.7 Å². The fourth-order valence-electron chi connectivity index (χ4n) is 2.36. The maximum absolute atomic E-state index is 11.5. The standard InChI is InChI=1S/C15H17N3OS/c1-10-12(9-20-18-10)8-16-13-5-6-14-11(7-13)3-2-4-15(19)17-14/h5-7,9,16H,2-4,8H2,1H3,(H,17,19). The first-order chi connectivity index (χ1) is 9.72. The van der Waals surface area contributed by atoms with E-state index in [4.69, 9.17) is 0 Å². The predicted molar refractivity (Wildman–Crippen MR) is 82.2 cm³/mol. The monoisotopic (exact) mass is 287 g/mol. The molecule has 0 saturated carbocycles. The van der Waals surface area contributed by atoms with Gasteiger partial charge in [0.05, 0.1) is 5.69 Å². The number of rotatable bonds is 3. The molecule has 3 rings (SSSR count). The molecular formula is C15H17N3OS. The minimum Gasteiger partial charge on any atom is -0.381 e. The third-order valence-corrected chi connectivity index (χ3v) is 4.33. The number of aromatic nitrogens is 1. The second-order valence-electron chi connectivity index (χ2n) is 5.05. The highest BCUT2D eigenvalue weighted by molar-refractivity contribution is 7.03. The van der Waals surface area contributed by atoms with Crippen LogP contribution in [0.15, 0.2) is 23.6 Å². The first-order valence-corrected chi connectivity index (χ1v) is 7.62. The molecule has 1 aromatic heterocycles. The topological polar surface area (TPSA) is 54.0 Å². The van der Waals surface area contributed by atoms with Crippen molar-refractivity contribution in [2.24, 2.45) is 0 Å². The Morgan fingerprint density at radius 2 is 2.30 bits per heavy atom. The summed E-state index contributed by atoms with van der Waals surface area (Å²) in [4.78, 5) is 11.5.